The number of carbonyl (C=O) groups is 1. The standard InChI is InChI=1S/C24H20O6/c1-3-28-24(26)22(15-7-5-4-6-8-15)29-17-10-12-19-18-11-9-16(27-2)13-20(18)23(25)30-21(19)14-17/h4-14,22H,3H2,1-2H3/t22-/m1/s1. The third-order valence-electron chi connectivity index (χ3n) is 4.75. The van der Waals surface area contributed by atoms with Crippen LogP contribution in [0.15, 0.2) is 75.9 Å². The molecule has 0 saturated carbocycles. The fraction of sp³-hybridized carbons (Fsp3) is 0.167. The minimum atomic E-state index is -0.931. The molecule has 0 radical (unpaired) electrons. The van der Waals surface area contributed by atoms with E-state index in [1.165, 1.54) is 0 Å². The Bertz CT molecular complexity index is 1260. The van der Waals surface area contributed by atoms with Gasteiger partial charge in [-0.2, -0.15) is 0 Å². The molecule has 0 fully saturated rings. The summed E-state index contributed by atoms with van der Waals surface area (Å²) in [5, 5.41) is 1.94. The molecule has 0 spiro atoms. The Kier molecular flexibility index (Phi) is 5.39. The molecule has 0 aliphatic carbocycles. The van der Waals surface area contributed by atoms with E-state index < -0.39 is 17.7 Å². The summed E-state index contributed by atoms with van der Waals surface area (Å²) < 4.78 is 21.8. The van der Waals surface area contributed by atoms with Crippen LogP contribution in [0.1, 0.15) is 18.6 Å². The Labute approximate surface area is 172 Å². The fourth-order valence-electron chi connectivity index (χ4n) is 3.33. The molecular weight excluding hydrogens is 384 g/mol. The summed E-state index contributed by atoms with van der Waals surface area (Å²) >= 11 is 0. The third-order valence-corrected chi connectivity index (χ3v) is 4.75. The number of carbonyl (C=O) groups excluding carboxylic acids is 1. The molecule has 0 aliphatic rings. The average Bonchev–Trinajstić information content (AvgIpc) is 2.78. The highest BCUT2D eigenvalue weighted by Gasteiger charge is 2.24. The van der Waals surface area contributed by atoms with Crippen molar-refractivity contribution in [3.05, 3.63) is 82.7 Å². The van der Waals surface area contributed by atoms with Crippen LogP contribution in [-0.2, 0) is 9.53 Å². The number of hydrogen-bond acceptors (Lipinski definition) is 6. The molecule has 0 N–H and O–H groups in total. The zero-order chi connectivity index (χ0) is 21.1. The molecule has 30 heavy (non-hydrogen) atoms. The summed E-state index contributed by atoms with van der Waals surface area (Å²) in [6.07, 6.45) is -0.931. The van der Waals surface area contributed by atoms with Gasteiger partial charge in [0.05, 0.1) is 19.1 Å². The summed E-state index contributed by atoms with van der Waals surface area (Å²) in [7, 11) is 1.54. The molecule has 0 bridgehead atoms. The summed E-state index contributed by atoms with van der Waals surface area (Å²) in [4.78, 5) is 24.9. The second-order valence-electron chi connectivity index (χ2n) is 6.62. The molecule has 6 nitrogen and oxygen atoms in total. The minimum absolute atomic E-state index is 0.244. The molecule has 152 valence electrons. The van der Waals surface area contributed by atoms with Crippen molar-refractivity contribution < 1.29 is 23.4 Å². The van der Waals surface area contributed by atoms with Gasteiger partial charge in [0.2, 0.25) is 6.10 Å². The van der Waals surface area contributed by atoms with E-state index in [0.717, 1.165) is 10.8 Å². The largest absolute Gasteiger partial charge is 0.497 e. The van der Waals surface area contributed by atoms with Crippen molar-refractivity contribution in [3.8, 4) is 11.5 Å². The van der Waals surface area contributed by atoms with Crippen LogP contribution in [-0.4, -0.2) is 19.7 Å². The predicted octanol–water partition coefficient (Wildman–Crippen LogP) is 4.64. The van der Waals surface area contributed by atoms with Crippen molar-refractivity contribution >= 4 is 27.7 Å². The Morgan fingerprint density at radius 2 is 1.67 bits per heavy atom. The van der Waals surface area contributed by atoms with Crippen LogP contribution in [0.3, 0.4) is 0 Å². The quantitative estimate of drug-likeness (QED) is 0.265. The van der Waals surface area contributed by atoms with Crippen molar-refractivity contribution in [2.24, 2.45) is 0 Å². The van der Waals surface area contributed by atoms with E-state index in [1.54, 1.807) is 56.5 Å². The maximum Gasteiger partial charge on any atom is 0.352 e. The first-order valence-electron chi connectivity index (χ1n) is 9.53. The highest BCUT2D eigenvalue weighted by atomic mass is 16.6. The van der Waals surface area contributed by atoms with Crippen molar-refractivity contribution in [2.75, 3.05) is 13.7 Å². The molecule has 0 unspecified atom stereocenters. The Balaban J connectivity index is 1.76. The molecule has 1 atom stereocenters. The van der Waals surface area contributed by atoms with Crippen LogP contribution in [0.4, 0.5) is 0 Å². The predicted molar refractivity (Wildman–Crippen MR) is 113 cm³/mol. The molecule has 0 saturated heterocycles. The molecule has 1 heterocycles. The van der Waals surface area contributed by atoms with E-state index in [2.05, 4.69) is 0 Å². The zero-order valence-electron chi connectivity index (χ0n) is 16.6. The minimum Gasteiger partial charge on any atom is -0.497 e. The lowest BCUT2D eigenvalue weighted by Crippen LogP contribution is -2.21. The van der Waals surface area contributed by atoms with Crippen molar-refractivity contribution in [2.45, 2.75) is 13.0 Å². The van der Waals surface area contributed by atoms with Gasteiger partial charge in [-0.15, -0.1) is 0 Å². The number of esters is 1. The molecule has 0 aliphatic heterocycles. The smallest absolute Gasteiger partial charge is 0.352 e. The maximum absolute atomic E-state index is 12.5. The Morgan fingerprint density at radius 1 is 0.933 bits per heavy atom. The zero-order valence-corrected chi connectivity index (χ0v) is 16.6. The van der Waals surface area contributed by atoms with E-state index >= 15 is 0 Å². The van der Waals surface area contributed by atoms with E-state index in [4.69, 9.17) is 18.6 Å². The van der Waals surface area contributed by atoms with Crippen LogP contribution in [0, 0.1) is 0 Å². The summed E-state index contributed by atoms with van der Waals surface area (Å²) in [6, 6.07) is 19.5. The number of hydrogen-bond donors (Lipinski definition) is 0. The summed E-state index contributed by atoms with van der Waals surface area (Å²) in [5.74, 6) is 0.477. The molecule has 3 aromatic carbocycles. The Hall–Kier alpha value is -3.80. The van der Waals surface area contributed by atoms with Crippen molar-refractivity contribution in [1.82, 2.24) is 0 Å². The van der Waals surface area contributed by atoms with Crippen molar-refractivity contribution in [3.63, 3.8) is 0 Å². The number of rotatable bonds is 6. The first-order chi connectivity index (χ1) is 14.6. The molecule has 6 heteroatoms. The van der Waals surface area contributed by atoms with Gasteiger partial charge in [0.1, 0.15) is 17.1 Å². The lowest BCUT2D eigenvalue weighted by Gasteiger charge is -2.18. The van der Waals surface area contributed by atoms with Crippen LogP contribution in [0.25, 0.3) is 21.7 Å². The van der Waals surface area contributed by atoms with Gasteiger partial charge in [-0.05, 0) is 37.3 Å². The second kappa shape index (κ2) is 8.29. The number of methoxy groups -OCH3 is 1. The van der Waals surface area contributed by atoms with Crippen LogP contribution >= 0.6 is 0 Å². The van der Waals surface area contributed by atoms with Gasteiger partial charge in [0.15, 0.2) is 0 Å². The topological polar surface area (TPSA) is 75.0 Å². The van der Waals surface area contributed by atoms with Gasteiger partial charge in [-0.25, -0.2) is 9.59 Å². The van der Waals surface area contributed by atoms with Crippen LogP contribution in [0.2, 0.25) is 0 Å². The van der Waals surface area contributed by atoms with E-state index in [1.807, 2.05) is 24.3 Å². The Morgan fingerprint density at radius 3 is 2.40 bits per heavy atom. The SMILES string of the molecule is CCOC(=O)[C@H](Oc1ccc2c(c1)oc(=O)c1cc(OC)ccc12)c1ccccc1. The third kappa shape index (κ3) is 3.72. The highest BCUT2D eigenvalue weighted by Crippen LogP contribution is 2.30. The van der Waals surface area contributed by atoms with Crippen LogP contribution < -0.4 is 15.1 Å². The van der Waals surface area contributed by atoms with Crippen LogP contribution in [0.5, 0.6) is 11.5 Å². The fourth-order valence-corrected chi connectivity index (χ4v) is 3.33. The van der Waals surface area contributed by atoms with Gasteiger partial charge in [-0.1, -0.05) is 30.3 Å². The first-order valence-corrected chi connectivity index (χ1v) is 9.53. The van der Waals surface area contributed by atoms with Gasteiger partial charge in [-0.3, -0.25) is 0 Å². The molecule has 4 aromatic rings. The second-order valence-corrected chi connectivity index (χ2v) is 6.62. The first kappa shape index (κ1) is 19.5. The summed E-state index contributed by atoms with van der Waals surface area (Å²) in [5.41, 5.74) is 0.562. The van der Waals surface area contributed by atoms with Gasteiger partial charge < -0.3 is 18.6 Å². The molecule has 0 amide bonds. The van der Waals surface area contributed by atoms with E-state index in [-0.39, 0.29) is 6.61 Å². The average molecular weight is 404 g/mol. The monoisotopic (exact) mass is 404 g/mol. The maximum atomic E-state index is 12.5. The number of fused-ring (bicyclic) bond motifs is 3. The van der Waals surface area contributed by atoms with Crippen molar-refractivity contribution in [1.29, 1.82) is 0 Å². The lowest BCUT2D eigenvalue weighted by atomic mass is 10.1. The molecule has 1 aromatic heterocycles. The number of benzene rings is 3. The summed E-state index contributed by atoms with van der Waals surface area (Å²) in [6.45, 7) is 1.98. The molecular formula is C24H20O6. The van der Waals surface area contributed by atoms with Gasteiger partial charge in [0.25, 0.3) is 0 Å². The van der Waals surface area contributed by atoms with E-state index in [0.29, 0.717) is 28.0 Å². The number of ether oxygens (including phenoxy) is 3. The normalized spacial score (nSPS) is 11.9. The lowest BCUT2D eigenvalue weighted by molar-refractivity contribution is -0.151. The highest BCUT2D eigenvalue weighted by molar-refractivity contribution is 6.04. The van der Waals surface area contributed by atoms with E-state index in [9.17, 15) is 9.59 Å². The van der Waals surface area contributed by atoms with Gasteiger partial charge in [0, 0.05) is 22.4 Å². The molecule has 4 rings (SSSR count). The van der Waals surface area contributed by atoms with Gasteiger partial charge >= 0.3 is 11.6 Å².